The third-order valence-electron chi connectivity index (χ3n) is 2.93. The highest BCUT2D eigenvalue weighted by Crippen LogP contribution is 2.26. The molecule has 6 heteroatoms. The highest BCUT2D eigenvalue weighted by atomic mass is 79.9. The molecule has 0 aliphatic heterocycles. The number of imidazole rings is 1. The first kappa shape index (κ1) is 14.1. The molecule has 0 amide bonds. The molecule has 0 fully saturated rings. The lowest BCUT2D eigenvalue weighted by Crippen LogP contribution is -1.98. The van der Waals surface area contributed by atoms with Crippen LogP contribution < -0.4 is 0 Å². The van der Waals surface area contributed by atoms with Crippen LogP contribution in [0.4, 0.5) is 0 Å². The van der Waals surface area contributed by atoms with Crippen LogP contribution in [0.2, 0.25) is 0 Å². The van der Waals surface area contributed by atoms with Crippen molar-refractivity contribution in [2.75, 3.05) is 0 Å². The van der Waals surface area contributed by atoms with E-state index in [2.05, 4.69) is 4.98 Å². The molecule has 20 heavy (non-hydrogen) atoms. The first-order valence-electron chi connectivity index (χ1n) is 5.65. The first-order valence-corrected chi connectivity index (χ1v) is 5.65. The molecular weight excluding hydrogens is 324 g/mol. The molecule has 0 saturated heterocycles. The van der Waals surface area contributed by atoms with E-state index in [1.165, 1.54) is 12.1 Å². The Hall–Kier alpha value is -2.34. The van der Waals surface area contributed by atoms with Gasteiger partial charge in [0.1, 0.15) is 17.6 Å². The number of hydrogen-bond acceptors (Lipinski definition) is 3. The van der Waals surface area contributed by atoms with E-state index < -0.39 is 5.97 Å². The Balaban J connectivity index is 0.00000147. The lowest BCUT2D eigenvalue weighted by atomic mass is 10.1. The van der Waals surface area contributed by atoms with Gasteiger partial charge in [-0.15, -0.1) is 17.0 Å². The molecule has 0 radical (unpaired) electrons. The normalized spacial score (nSPS) is 10.2. The predicted molar refractivity (Wildman–Crippen MR) is 80.0 cm³/mol. The number of benzene rings is 2. The zero-order chi connectivity index (χ0) is 13.4. The summed E-state index contributed by atoms with van der Waals surface area (Å²) in [6.45, 7) is 0. The summed E-state index contributed by atoms with van der Waals surface area (Å²) in [5.74, 6) is -1.45. The molecule has 0 aliphatic rings. The van der Waals surface area contributed by atoms with Crippen LogP contribution in [0.25, 0.3) is 16.7 Å². The van der Waals surface area contributed by atoms with E-state index in [0.29, 0.717) is 11.0 Å². The molecule has 1 aromatic heterocycles. The van der Waals surface area contributed by atoms with E-state index in [1.54, 1.807) is 10.9 Å². The Bertz CT molecular complexity index is 769. The number of aromatic carboxylic acids is 1. The lowest BCUT2D eigenvalue weighted by Gasteiger charge is -2.05. The average Bonchev–Trinajstić information content (AvgIpc) is 2.81. The summed E-state index contributed by atoms with van der Waals surface area (Å²) in [7, 11) is 0. The zero-order valence-corrected chi connectivity index (χ0v) is 11.9. The van der Waals surface area contributed by atoms with Gasteiger partial charge in [-0.2, -0.15) is 0 Å². The maximum absolute atomic E-state index is 11.0. The highest BCUT2D eigenvalue weighted by Gasteiger charge is 2.14. The van der Waals surface area contributed by atoms with Crippen LogP contribution in [-0.4, -0.2) is 25.7 Å². The minimum absolute atomic E-state index is 0. The Kier molecular flexibility index (Phi) is 3.76. The summed E-state index contributed by atoms with van der Waals surface area (Å²) >= 11 is 0. The van der Waals surface area contributed by atoms with Gasteiger partial charge in [0.25, 0.3) is 0 Å². The van der Waals surface area contributed by atoms with Gasteiger partial charge in [0.05, 0.1) is 11.0 Å². The third-order valence-corrected chi connectivity index (χ3v) is 2.93. The predicted octanol–water partition coefficient (Wildman–Crippen LogP) is 3.01. The van der Waals surface area contributed by atoms with Crippen LogP contribution in [0.5, 0.6) is 5.75 Å². The minimum Gasteiger partial charge on any atom is -0.507 e. The molecule has 0 bridgehead atoms. The second kappa shape index (κ2) is 5.34. The van der Waals surface area contributed by atoms with Crippen molar-refractivity contribution in [3.63, 3.8) is 0 Å². The monoisotopic (exact) mass is 334 g/mol. The van der Waals surface area contributed by atoms with Crippen molar-refractivity contribution in [3.05, 3.63) is 54.4 Å². The summed E-state index contributed by atoms with van der Waals surface area (Å²) in [5, 5.41) is 18.7. The second-order valence-corrected chi connectivity index (χ2v) is 4.11. The Morgan fingerprint density at radius 3 is 2.50 bits per heavy atom. The standard InChI is InChI=1S/C14H10N2O3.BrH/c17-13-7-11-12(6-10(13)14(18)19)16(8-15-11)9-4-2-1-3-5-9;/h1-8,17H,(H,18,19);1H. The van der Waals surface area contributed by atoms with Crippen molar-refractivity contribution < 1.29 is 15.0 Å². The smallest absolute Gasteiger partial charge is 0.339 e. The average molecular weight is 335 g/mol. The van der Waals surface area contributed by atoms with Crippen molar-refractivity contribution in [2.45, 2.75) is 0 Å². The number of aromatic nitrogens is 2. The molecule has 5 nitrogen and oxygen atoms in total. The van der Waals surface area contributed by atoms with Crippen molar-refractivity contribution in [1.82, 2.24) is 9.55 Å². The van der Waals surface area contributed by atoms with Gasteiger partial charge in [-0.1, -0.05) is 18.2 Å². The number of nitrogens with zero attached hydrogens (tertiary/aromatic N) is 2. The summed E-state index contributed by atoms with van der Waals surface area (Å²) in [4.78, 5) is 15.2. The number of carboxylic acids is 1. The van der Waals surface area contributed by atoms with Crippen LogP contribution in [0.3, 0.4) is 0 Å². The summed E-state index contributed by atoms with van der Waals surface area (Å²) < 4.78 is 1.78. The van der Waals surface area contributed by atoms with E-state index in [-0.39, 0.29) is 28.3 Å². The number of para-hydroxylation sites is 1. The molecule has 0 saturated carbocycles. The quantitative estimate of drug-likeness (QED) is 0.755. The van der Waals surface area contributed by atoms with Gasteiger partial charge < -0.3 is 10.2 Å². The molecular formula is C14H11BrN2O3. The molecule has 3 aromatic rings. The fraction of sp³-hybridized carbons (Fsp3) is 0. The van der Waals surface area contributed by atoms with Crippen molar-refractivity contribution >= 4 is 34.0 Å². The lowest BCUT2D eigenvalue weighted by molar-refractivity contribution is 0.0694. The Morgan fingerprint density at radius 2 is 1.85 bits per heavy atom. The SMILES string of the molecule is Br.O=C(O)c1cc2c(cc1O)ncn2-c1ccccc1. The van der Waals surface area contributed by atoms with Crippen molar-refractivity contribution in [2.24, 2.45) is 0 Å². The van der Waals surface area contributed by atoms with Gasteiger partial charge in [0.15, 0.2) is 0 Å². The number of fused-ring (bicyclic) bond motifs is 1. The third kappa shape index (κ3) is 2.25. The fourth-order valence-electron chi connectivity index (χ4n) is 2.01. The number of carboxylic acid groups (broad SMARTS) is 1. The summed E-state index contributed by atoms with van der Waals surface area (Å²) in [5.41, 5.74) is 1.94. The molecule has 1 heterocycles. The number of aromatic hydroxyl groups is 1. The number of rotatable bonds is 2. The Labute approximate surface area is 124 Å². The van der Waals surface area contributed by atoms with Gasteiger partial charge in [0.2, 0.25) is 0 Å². The van der Waals surface area contributed by atoms with E-state index in [0.717, 1.165) is 5.69 Å². The van der Waals surface area contributed by atoms with E-state index >= 15 is 0 Å². The van der Waals surface area contributed by atoms with Gasteiger partial charge in [-0.05, 0) is 18.2 Å². The van der Waals surface area contributed by atoms with Crippen molar-refractivity contribution in [1.29, 1.82) is 0 Å². The van der Waals surface area contributed by atoms with Crippen LogP contribution in [-0.2, 0) is 0 Å². The number of carbonyl (C=O) groups is 1. The molecule has 2 aromatic carbocycles. The molecule has 0 aliphatic carbocycles. The topological polar surface area (TPSA) is 75.3 Å². The van der Waals surface area contributed by atoms with E-state index in [1.807, 2.05) is 30.3 Å². The molecule has 0 spiro atoms. The van der Waals surface area contributed by atoms with Crippen LogP contribution in [0, 0.1) is 0 Å². The first-order chi connectivity index (χ1) is 9.16. The Morgan fingerprint density at radius 1 is 1.15 bits per heavy atom. The maximum atomic E-state index is 11.0. The van der Waals surface area contributed by atoms with Crippen LogP contribution in [0.1, 0.15) is 10.4 Å². The van der Waals surface area contributed by atoms with Crippen LogP contribution in [0.15, 0.2) is 48.8 Å². The van der Waals surface area contributed by atoms with E-state index in [4.69, 9.17) is 5.11 Å². The number of hydrogen-bond donors (Lipinski definition) is 2. The van der Waals surface area contributed by atoms with E-state index in [9.17, 15) is 9.90 Å². The fourth-order valence-corrected chi connectivity index (χ4v) is 2.01. The molecule has 102 valence electrons. The second-order valence-electron chi connectivity index (χ2n) is 4.11. The minimum atomic E-state index is -1.17. The molecule has 0 atom stereocenters. The molecule has 3 rings (SSSR count). The number of halogens is 1. The largest absolute Gasteiger partial charge is 0.507 e. The van der Waals surface area contributed by atoms with Gasteiger partial charge in [0, 0.05) is 11.8 Å². The van der Waals surface area contributed by atoms with Gasteiger partial charge in [-0.25, -0.2) is 9.78 Å². The summed E-state index contributed by atoms with van der Waals surface area (Å²) in [6, 6.07) is 12.3. The maximum Gasteiger partial charge on any atom is 0.339 e. The molecule has 0 unspecified atom stereocenters. The highest BCUT2D eigenvalue weighted by molar-refractivity contribution is 8.93. The van der Waals surface area contributed by atoms with Gasteiger partial charge in [-0.3, -0.25) is 4.57 Å². The molecule has 2 N–H and O–H groups in total. The zero-order valence-electron chi connectivity index (χ0n) is 10.2. The number of phenols is 1. The van der Waals surface area contributed by atoms with Gasteiger partial charge >= 0.3 is 5.97 Å². The summed E-state index contributed by atoms with van der Waals surface area (Å²) in [6.07, 6.45) is 1.60. The van der Waals surface area contributed by atoms with Crippen molar-refractivity contribution in [3.8, 4) is 11.4 Å². The van der Waals surface area contributed by atoms with Crippen LogP contribution >= 0.6 is 17.0 Å².